The molecule has 8 nitrogen and oxygen atoms in total. The lowest BCUT2D eigenvalue weighted by atomic mass is 9.99. The van der Waals surface area contributed by atoms with Crippen molar-refractivity contribution in [2.75, 3.05) is 10.6 Å². The van der Waals surface area contributed by atoms with Gasteiger partial charge in [-0.3, -0.25) is 4.79 Å². The van der Waals surface area contributed by atoms with E-state index in [0.29, 0.717) is 35.7 Å². The molecule has 4 N–H and O–H groups in total. The Kier molecular flexibility index (Phi) is 4.67. The first kappa shape index (κ1) is 21.3. The Morgan fingerprint density at radius 3 is 2.86 bits per heavy atom. The molecule has 3 amide bonds. The molecule has 2 aliphatic carbocycles. The molecule has 0 saturated heterocycles. The van der Waals surface area contributed by atoms with E-state index in [2.05, 4.69) is 20.9 Å². The van der Waals surface area contributed by atoms with E-state index in [0.717, 1.165) is 30.2 Å². The Labute approximate surface area is 198 Å². The van der Waals surface area contributed by atoms with E-state index in [1.54, 1.807) is 24.4 Å². The number of carbonyl (C=O) groups excluding carboxylic acids is 2. The Morgan fingerprint density at radius 1 is 1.17 bits per heavy atom. The molecule has 0 bridgehead atoms. The number of anilines is 2. The first-order valence-corrected chi connectivity index (χ1v) is 11.2. The molecule has 10 heteroatoms. The van der Waals surface area contributed by atoms with Crippen LogP contribution in [0.3, 0.4) is 0 Å². The number of benzene rings is 2. The van der Waals surface area contributed by atoms with Crippen molar-refractivity contribution in [1.82, 2.24) is 10.3 Å². The average molecular weight is 478 g/mol. The Balaban J connectivity index is 1.18. The van der Waals surface area contributed by atoms with E-state index in [1.807, 2.05) is 0 Å². The highest BCUT2D eigenvalue weighted by molar-refractivity contribution is 5.93. The van der Waals surface area contributed by atoms with E-state index < -0.39 is 23.2 Å². The standard InChI is InChI=1S/C25H20F2N4O4/c26-12-1-4-17(27)18(9-12)29-24(34)31-25-11-16(25)22(25)15-10-13(2-5-19(15)32)35-20-7-8-28-23-14(20)3-6-21(33)30-23/h1-2,4-5,7-10,16,22,32H,3,6,11H2,(H,28,30,33)(H2,29,31,34)/t16-,22+,25?/m0/s1. The van der Waals surface area contributed by atoms with E-state index >= 15 is 0 Å². The molecule has 0 radical (unpaired) electrons. The molecule has 1 aromatic heterocycles. The molecule has 6 rings (SSSR count). The van der Waals surface area contributed by atoms with Gasteiger partial charge in [0.25, 0.3) is 0 Å². The minimum atomic E-state index is -0.737. The van der Waals surface area contributed by atoms with E-state index in [4.69, 9.17) is 4.74 Å². The maximum Gasteiger partial charge on any atom is 0.319 e. The van der Waals surface area contributed by atoms with Crippen LogP contribution in [0, 0.1) is 17.6 Å². The van der Waals surface area contributed by atoms with Crippen LogP contribution in [-0.4, -0.2) is 27.6 Å². The van der Waals surface area contributed by atoms with Gasteiger partial charge in [-0.2, -0.15) is 0 Å². The van der Waals surface area contributed by atoms with Gasteiger partial charge in [-0.15, -0.1) is 0 Å². The van der Waals surface area contributed by atoms with Crippen molar-refractivity contribution < 1.29 is 28.2 Å². The molecule has 35 heavy (non-hydrogen) atoms. The minimum Gasteiger partial charge on any atom is -0.508 e. The largest absolute Gasteiger partial charge is 0.508 e. The third kappa shape index (κ3) is 3.71. The number of nitrogens with one attached hydrogen (secondary N) is 3. The second-order valence-corrected chi connectivity index (χ2v) is 9.04. The van der Waals surface area contributed by atoms with E-state index in [1.165, 1.54) is 6.07 Å². The molecule has 2 saturated carbocycles. The zero-order valence-electron chi connectivity index (χ0n) is 18.3. The second kappa shape index (κ2) is 7.66. The number of halogens is 2. The van der Waals surface area contributed by atoms with Gasteiger partial charge in [0.15, 0.2) is 0 Å². The fourth-order valence-corrected chi connectivity index (χ4v) is 4.91. The van der Waals surface area contributed by atoms with Crippen molar-refractivity contribution in [3.63, 3.8) is 0 Å². The van der Waals surface area contributed by atoms with Gasteiger partial charge in [0, 0.05) is 35.7 Å². The number of phenols is 1. The summed E-state index contributed by atoms with van der Waals surface area (Å²) in [4.78, 5) is 28.3. The average Bonchev–Trinajstić information content (AvgIpc) is 3.68. The van der Waals surface area contributed by atoms with Crippen LogP contribution in [0.25, 0.3) is 0 Å². The summed E-state index contributed by atoms with van der Waals surface area (Å²) in [5, 5.41) is 18.4. The van der Waals surface area contributed by atoms with Crippen LogP contribution >= 0.6 is 0 Å². The monoisotopic (exact) mass is 478 g/mol. The van der Waals surface area contributed by atoms with Crippen molar-refractivity contribution in [2.45, 2.75) is 30.7 Å². The summed E-state index contributed by atoms with van der Waals surface area (Å²) in [6.07, 6.45) is 3.12. The highest BCUT2D eigenvalue weighted by Gasteiger charge is 2.80. The topological polar surface area (TPSA) is 113 Å². The number of hydrogen-bond donors (Lipinski definition) is 4. The van der Waals surface area contributed by atoms with Crippen LogP contribution in [0.4, 0.5) is 25.1 Å². The van der Waals surface area contributed by atoms with E-state index in [9.17, 15) is 23.5 Å². The summed E-state index contributed by atoms with van der Waals surface area (Å²) >= 11 is 0. The van der Waals surface area contributed by atoms with Gasteiger partial charge in [-0.1, -0.05) is 0 Å². The van der Waals surface area contributed by atoms with Crippen LogP contribution in [0.5, 0.6) is 17.2 Å². The number of ether oxygens (including phenoxy) is 1. The molecule has 2 heterocycles. The van der Waals surface area contributed by atoms with Gasteiger partial charge >= 0.3 is 6.03 Å². The molecule has 2 fully saturated rings. The number of aromatic hydroxyl groups is 1. The molecule has 1 unspecified atom stereocenters. The Bertz CT molecular complexity index is 1400. The lowest BCUT2D eigenvalue weighted by Crippen LogP contribution is -2.36. The summed E-state index contributed by atoms with van der Waals surface area (Å²) in [5.74, 6) is 0.140. The van der Waals surface area contributed by atoms with Gasteiger partial charge < -0.3 is 25.8 Å². The van der Waals surface area contributed by atoms with Gasteiger partial charge in [0.05, 0.1) is 11.2 Å². The van der Waals surface area contributed by atoms with Crippen LogP contribution in [0.15, 0.2) is 48.7 Å². The van der Waals surface area contributed by atoms with Crippen molar-refractivity contribution in [3.05, 3.63) is 71.4 Å². The van der Waals surface area contributed by atoms with Crippen LogP contribution in [-0.2, 0) is 11.2 Å². The van der Waals surface area contributed by atoms with Crippen molar-refractivity contribution in [1.29, 1.82) is 0 Å². The quantitative estimate of drug-likeness (QED) is 0.434. The van der Waals surface area contributed by atoms with Crippen molar-refractivity contribution >= 4 is 23.4 Å². The highest BCUT2D eigenvalue weighted by Crippen LogP contribution is 2.77. The third-order valence-electron chi connectivity index (χ3n) is 6.86. The van der Waals surface area contributed by atoms with E-state index in [-0.39, 0.29) is 29.2 Å². The smallest absolute Gasteiger partial charge is 0.319 e. The molecular weight excluding hydrogens is 458 g/mol. The maximum absolute atomic E-state index is 13.9. The molecule has 2 aromatic carbocycles. The molecule has 3 aliphatic rings. The fraction of sp³-hybridized carbons (Fsp3) is 0.240. The van der Waals surface area contributed by atoms with Crippen LogP contribution < -0.4 is 20.7 Å². The first-order valence-electron chi connectivity index (χ1n) is 11.2. The van der Waals surface area contributed by atoms with Crippen molar-refractivity contribution in [3.8, 4) is 17.2 Å². The van der Waals surface area contributed by atoms with Crippen LogP contribution in [0.1, 0.15) is 29.9 Å². The number of aromatic nitrogens is 1. The molecule has 1 aliphatic heterocycles. The molecule has 0 spiro atoms. The fourth-order valence-electron chi connectivity index (χ4n) is 4.91. The number of amides is 3. The lowest BCUT2D eigenvalue weighted by Gasteiger charge is -2.20. The number of hydrogen-bond acceptors (Lipinski definition) is 5. The molecule has 3 aromatic rings. The normalized spacial score (nSPS) is 23.4. The Morgan fingerprint density at radius 2 is 2.03 bits per heavy atom. The summed E-state index contributed by atoms with van der Waals surface area (Å²) in [6.45, 7) is 0. The van der Waals surface area contributed by atoms with Gasteiger partial charge in [-0.05, 0) is 55.2 Å². The van der Waals surface area contributed by atoms with Gasteiger partial charge in [0.2, 0.25) is 5.91 Å². The Hall–Kier alpha value is -4.21. The summed E-state index contributed by atoms with van der Waals surface area (Å²) in [5.41, 5.74) is 0.649. The highest BCUT2D eigenvalue weighted by atomic mass is 19.1. The summed E-state index contributed by atoms with van der Waals surface area (Å²) in [6, 6.07) is 8.81. The predicted octanol–water partition coefficient (Wildman–Crippen LogP) is 4.42. The first-order chi connectivity index (χ1) is 16.8. The van der Waals surface area contributed by atoms with Gasteiger partial charge in [0.1, 0.15) is 34.7 Å². The summed E-state index contributed by atoms with van der Waals surface area (Å²) in [7, 11) is 0. The molecule has 3 atom stereocenters. The SMILES string of the molecule is O=C1CCc2c(Oc3ccc(O)c([C@@H]4[C@@H]5CC45NC(=O)Nc4cc(F)ccc4F)c3)ccnc2N1. The number of fused-ring (bicyclic) bond motifs is 2. The number of carbonyl (C=O) groups is 2. The lowest BCUT2D eigenvalue weighted by molar-refractivity contribution is -0.116. The number of pyridine rings is 1. The minimum absolute atomic E-state index is 0.0799. The molecule has 178 valence electrons. The van der Waals surface area contributed by atoms with Crippen molar-refractivity contribution in [2.24, 2.45) is 5.92 Å². The predicted molar refractivity (Wildman–Crippen MR) is 121 cm³/mol. The van der Waals surface area contributed by atoms with Crippen LogP contribution in [0.2, 0.25) is 0 Å². The zero-order chi connectivity index (χ0) is 24.3. The number of rotatable bonds is 5. The van der Waals surface area contributed by atoms with Gasteiger partial charge in [-0.25, -0.2) is 18.6 Å². The maximum atomic E-state index is 13.9. The second-order valence-electron chi connectivity index (χ2n) is 9.04. The number of phenolic OH excluding ortho intramolecular Hbond substituents is 1. The summed E-state index contributed by atoms with van der Waals surface area (Å²) < 4.78 is 33.3. The number of nitrogens with zero attached hydrogens (tertiary/aromatic N) is 1. The molecular formula is C25H20F2N4O4. The zero-order valence-corrected chi connectivity index (χ0v) is 18.3. The number of urea groups is 1. The third-order valence-corrected chi connectivity index (χ3v) is 6.86.